The number of aromatic nitrogens is 1. The second kappa shape index (κ2) is 6.09. The third kappa shape index (κ3) is 3.37. The lowest BCUT2D eigenvalue weighted by molar-refractivity contribution is 0.384. The Kier molecular flexibility index (Phi) is 4.23. The Hall–Kier alpha value is -2.23. The predicted octanol–water partition coefficient (Wildman–Crippen LogP) is 3.42. The molecule has 0 saturated carbocycles. The highest BCUT2D eigenvalue weighted by Gasteiger charge is 2.06. The van der Waals surface area contributed by atoms with Gasteiger partial charge in [-0.25, -0.2) is 0 Å². The first kappa shape index (κ1) is 13.2. The van der Waals surface area contributed by atoms with Crippen LogP contribution >= 0.6 is 0 Å². The molecule has 0 fully saturated rings. The van der Waals surface area contributed by atoms with Gasteiger partial charge in [0.25, 0.3) is 0 Å². The highest BCUT2D eigenvalue weighted by molar-refractivity contribution is 5.51. The largest absolute Gasteiger partial charge is 0.481 e. The van der Waals surface area contributed by atoms with E-state index >= 15 is 0 Å². The van der Waals surface area contributed by atoms with E-state index in [2.05, 4.69) is 24.0 Å². The van der Waals surface area contributed by atoms with Crippen LogP contribution in [-0.2, 0) is 6.42 Å². The number of methoxy groups -OCH3 is 1. The lowest BCUT2D eigenvalue weighted by Crippen LogP contribution is -1.97. The van der Waals surface area contributed by atoms with Crippen molar-refractivity contribution in [2.24, 2.45) is 0 Å². The van der Waals surface area contributed by atoms with E-state index in [1.807, 2.05) is 12.1 Å². The summed E-state index contributed by atoms with van der Waals surface area (Å²) in [5, 5.41) is 0. The van der Waals surface area contributed by atoms with Gasteiger partial charge in [0.1, 0.15) is 5.75 Å². The minimum atomic E-state index is 0.364. The molecule has 19 heavy (non-hydrogen) atoms. The molecule has 0 saturated heterocycles. The van der Waals surface area contributed by atoms with E-state index in [0.29, 0.717) is 23.2 Å². The van der Waals surface area contributed by atoms with Crippen LogP contribution in [0.5, 0.6) is 17.5 Å². The van der Waals surface area contributed by atoms with Gasteiger partial charge in [-0.3, -0.25) is 0 Å². The number of hydrogen-bond acceptors (Lipinski definition) is 4. The van der Waals surface area contributed by atoms with Crippen LogP contribution in [0.3, 0.4) is 0 Å². The molecule has 1 aromatic carbocycles. The molecule has 4 heteroatoms. The second-order valence-electron chi connectivity index (χ2n) is 4.24. The fraction of sp³-hybridized carbons (Fsp3) is 0.267. The SMILES string of the molecule is CCCc1ccc(Oc2nc(OC)ccc2N)cc1. The van der Waals surface area contributed by atoms with Crippen LogP contribution in [0.1, 0.15) is 18.9 Å². The van der Waals surface area contributed by atoms with E-state index in [9.17, 15) is 0 Å². The van der Waals surface area contributed by atoms with E-state index in [1.54, 1.807) is 19.2 Å². The molecular weight excluding hydrogens is 240 g/mol. The van der Waals surface area contributed by atoms with E-state index in [4.69, 9.17) is 15.2 Å². The average molecular weight is 258 g/mol. The van der Waals surface area contributed by atoms with E-state index in [-0.39, 0.29) is 0 Å². The van der Waals surface area contributed by atoms with E-state index < -0.39 is 0 Å². The van der Waals surface area contributed by atoms with Gasteiger partial charge in [0.05, 0.1) is 12.8 Å². The molecule has 100 valence electrons. The van der Waals surface area contributed by atoms with Crippen LogP contribution in [0.15, 0.2) is 36.4 Å². The number of aryl methyl sites for hydroxylation is 1. The van der Waals surface area contributed by atoms with Crippen molar-refractivity contribution in [2.45, 2.75) is 19.8 Å². The number of nitrogens with zero attached hydrogens (tertiary/aromatic N) is 1. The normalized spacial score (nSPS) is 10.2. The van der Waals surface area contributed by atoms with Gasteiger partial charge in [0, 0.05) is 6.07 Å². The molecule has 0 radical (unpaired) electrons. The standard InChI is InChI=1S/C15H18N2O2/c1-3-4-11-5-7-12(8-6-11)19-15-13(16)9-10-14(17-15)18-2/h5-10H,3-4,16H2,1-2H3. The zero-order valence-electron chi connectivity index (χ0n) is 11.2. The molecule has 0 aliphatic carbocycles. The molecule has 2 N–H and O–H groups in total. The summed E-state index contributed by atoms with van der Waals surface area (Å²) >= 11 is 0. The molecule has 1 aromatic heterocycles. The van der Waals surface area contributed by atoms with Crippen molar-refractivity contribution < 1.29 is 9.47 Å². The summed E-state index contributed by atoms with van der Waals surface area (Å²) in [6, 6.07) is 11.4. The van der Waals surface area contributed by atoms with Crippen molar-refractivity contribution in [1.82, 2.24) is 4.98 Å². The number of nitrogens with two attached hydrogens (primary N) is 1. The summed E-state index contributed by atoms with van der Waals surface area (Å²) in [7, 11) is 1.56. The molecule has 0 aliphatic heterocycles. The molecule has 0 aliphatic rings. The van der Waals surface area contributed by atoms with Crippen molar-refractivity contribution >= 4 is 5.69 Å². The summed E-state index contributed by atoms with van der Waals surface area (Å²) in [6.07, 6.45) is 2.20. The maximum atomic E-state index is 5.83. The summed E-state index contributed by atoms with van der Waals surface area (Å²) in [5.41, 5.74) is 7.60. The van der Waals surface area contributed by atoms with Crippen molar-refractivity contribution in [3.05, 3.63) is 42.0 Å². The third-order valence-corrected chi connectivity index (χ3v) is 2.75. The molecule has 4 nitrogen and oxygen atoms in total. The first-order valence-electron chi connectivity index (χ1n) is 6.30. The molecule has 0 atom stereocenters. The zero-order valence-corrected chi connectivity index (χ0v) is 11.2. The van der Waals surface area contributed by atoms with Gasteiger partial charge in [-0.15, -0.1) is 0 Å². The van der Waals surface area contributed by atoms with Gasteiger partial charge < -0.3 is 15.2 Å². The van der Waals surface area contributed by atoms with Crippen LogP contribution in [-0.4, -0.2) is 12.1 Å². The minimum absolute atomic E-state index is 0.364. The average Bonchev–Trinajstić information content (AvgIpc) is 2.44. The number of benzene rings is 1. The third-order valence-electron chi connectivity index (χ3n) is 2.75. The molecule has 0 bridgehead atoms. The van der Waals surface area contributed by atoms with E-state index in [1.165, 1.54) is 5.56 Å². The Morgan fingerprint density at radius 3 is 2.47 bits per heavy atom. The minimum Gasteiger partial charge on any atom is -0.481 e. The quantitative estimate of drug-likeness (QED) is 0.892. The molecular formula is C15H18N2O2. The Bertz CT molecular complexity index is 538. The number of anilines is 1. The van der Waals surface area contributed by atoms with Crippen LogP contribution in [0.25, 0.3) is 0 Å². The molecule has 0 amide bonds. The predicted molar refractivity (Wildman–Crippen MR) is 75.7 cm³/mol. The Morgan fingerprint density at radius 2 is 1.84 bits per heavy atom. The molecule has 2 aromatic rings. The van der Waals surface area contributed by atoms with Crippen molar-refractivity contribution in [3.63, 3.8) is 0 Å². The van der Waals surface area contributed by atoms with Gasteiger partial charge in [-0.2, -0.15) is 4.98 Å². The number of hydrogen-bond donors (Lipinski definition) is 1. The summed E-state index contributed by atoms with van der Waals surface area (Å²) in [4.78, 5) is 4.18. The van der Waals surface area contributed by atoms with Crippen LogP contribution in [0.2, 0.25) is 0 Å². The lowest BCUT2D eigenvalue weighted by atomic mass is 10.1. The number of ether oxygens (including phenoxy) is 2. The van der Waals surface area contributed by atoms with Gasteiger partial charge in [-0.05, 0) is 30.2 Å². The topological polar surface area (TPSA) is 57.4 Å². The molecule has 0 unspecified atom stereocenters. The van der Waals surface area contributed by atoms with Crippen LogP contribution < -0.4 is 15.2 Å². The van der Waals surface area contributed by atoms with Crippen LogP contribution in [0, 0.1) is 0 Å². The van der Waals surface area contributed by atoms with Crippen molar-refractivity contribution in [2.75, 3.05) is 12.8 Å². The monoisotopic (exact) mass is 258 g/mol. The molecule has 0 spiro atoms. The summed E-state index contributed by atoms with van der Waals surface area (Å²) < 4.78 is 10.7. The Balaban J connectivity index is 2.16. The van der Waals surface area contributed by atoms with Gasteiger partial charge in [0.2, 0.25) is 11.8 Å². The fourth-order valence-corrected chi connectivity index (χ4v) is 1.75. The first-order valence-corrected chi connectivity index (χ1v) is 6.30. The highest BCUT2D eigenvalue weighted by Crippen LogP contribution is 2.27. The number of nitrogen functional groups attached to an aromatic ring is 1. The number of pyridine rings is 1. The van der Waals surface area contributed by atoms with Gasteiger partial charge in [-0.1, -0.05) is 25.5 Å². The zero-order chi connectivity index (χ0) is 13.7. The summed E-state index contributed by atoms with van der Waals surface area (Å²) in [5.74, 6) is 1.56. The van der Waals surface area contributed by atoms with Gasteiger partial charge in [0.15, 0.2) is 0 Å². The Labute approximate surface area is 113 Å². The maximum absolute atomic E-state index is 5.83. The van der Waals surface area contributed by atoms with Crippen molar-refractivity contribution in [3.8, 4) is 17.5 Å². The van der Waals surface area contributed by atoms with Crippen LogP contribution in [0.4, 0.5) is 5.69 Å². The first-order chi connectivity index (χ1) is 9.22. The molecule has 2 rings (SSSR count). The molecule has 1 heterocycles. The lowest BCUT2D eigenvalue weighted by Gasteiger charge is -2.09. The number of rotatable bonds is 5. The van der Waals surface area contributed by atoms with Gasteiger partial charge >= 0.3 is 0 Å². The van der Waals surface area contributed by atoms with E-state index in [0.717, 1.165) is 12.8 Å². The highest BCUT2D eigenvalue weighted by atomic mass is 16.5. The second-order valence-corrected chi connectivity index (χ2v) is 4.24. The summed E-state index contributed by atoms with van der Waals surface area (Å²) in [6.45, 7) is 2.16. The smallest absolute Gasteiger partial charge is 0.246 e. The maximum Gasteiger partial charge on any atom is 0.246 e. The Morgan fingerprint density at radius 1 is 1.11 bits per heavy atom. The van der Waals surface area contributed by atoms with Crippen molar-refractivity contribution in [1.29, 1.82) is 0 Å². The fourth-order valence-electron chi connectivity index (χ4n) is 1.75.